The largest absolute Gasteiger partial charge is 0.482 e. The van der Waals surface area contributed by atoms with Gasteiger partial charge in [-0.1, -0.05) is 31.2 Å². The van der Waals surface area contributed by atoms with E-state index in [1.165, 1.54) is 5.56 Å². The minimum absolute atomic E-state index is 0. The summed E-state index contributed by atoms with van der Waals surface area (Å²) in [5.74, 6) is 0.352. The smallest absolute Gasteiger partial charge is 0.262 e. The first-order chi connectivity index (χ1) is 13.2. The van der Waals surface area contributed by atoms with Gasteiger partial charge >= 0.3 is 0 Å². The first-order valence-electron chi connectivity index (χ1n) is 9.33. The number of anilines is 1. The quantitative estimate of drug-likeness (QED) is 0.829. The van der Waals surface area contributed by atoms with Gasteiger partial charge in [0, 0.05) is 25.2 Å². The second-order valence-corrected chi connectivity index (χ2v) is 6.86. The van der Waals surface area contributed by atoms with E-state index in [1.807, 2.05) is 4.90 Å². The van der Waals surface area contributed by atoms with Crippen LogP contribution in [-0.4, -0.2) is 43.0 Å². The van der Waals surface area contributed by atoms with Crippen LogP contribution in [0.2, 0.25) is 0 Å². The van der Waals surface area contributed by atoms with Gasteiger partial charge in [0.2, 0.25) is 0 Å². The van der Waals surface area contributed by atoms with E-state index in [4.69, 9.17) is 4.74 Å². The molecule has 0 radical (unpaired) electrons. The number of benzene rings is 2. The number of aryl methyl sites for hydroxylation is 1. The number of amides is 2. The molecule has 6 nitrogen and oxygen atoms in total. The van der Waals surface area contributed by atoms with Gasteiger partial charge in [0.05, 0.1) is 11.7 Å². The number of carbonyl (C=O) groups is 2. The maximum absolute atomic E-state index is 13.2. The van der Waals surface area contributed by atoms with Gasteiger partial charge in [-0.15, -0.1) is 12.4 Å². The van der Waals surface area contributed by atoms with Crippen LogP contribution in [0.4, 0.5) is 5.69 Å². The summed E-state index contributed by atoms with van der Waals surface area (Å²) in [5, 5.41) is 6.15. The highest BCUT2D eigenvalue weighted by Crippen LogP contribution is 2.31. The number of halogens is 1. The molecule has 148 valence electrons. The molecule has 0 saturated carbocycles. The van der Waals surface area contributed by atoms with Crippen molar-refractivity contribution in [1.82, 2.24) is 10.2 Å². The maximum atomic E-state index is 13.2. The van der Waals surface area contributed by atoms with E-state index in [1.54, 1.807) is 18.2 Å². The SMILES string of the molecule is CCc1ccc(C2CNCCN2C(=O)c2ccc3c(c2)NC(=O)CO3)cc1.Cl. The molecule has 2 aromatic rings. The fourth-order valence-corrected chi connectivity index (χ4v) is 3.60. The molecule has 2 aromatic carbocycles. The number of nitrogens with one attached hydrogen (secondary N) is 2. The van der Waals surface area contributed by atoms with Crippen LogP contribution in [0.1, 0.15) is 34.5 Å². The summed E-state index contributed by atoms with van der Waals surface area (Å²) in [5.41, 5.74) is 3.51. The Morgan fingerprint density at radius 3 is 2.75 bits per heavy atom. The zero-order chi connectivity index (χ0) is 18.8. The van der Waals surface area contributed by atoms with Crippen LogP contribution >= 0.6 is 12.4 Å². The summed E-state index contributed by atoms with van der Waals surface area (Å²) in [6, 6.07) is 13.7. The Bertz CT molecular complexity index is 870. The van der Waals surface area contributed by atoms with Gasteiger partial charge in [-0.2, -0.15) is 0 Å². The molecule has 4 rings (SSSR count). The van der Waals surface area contributed by atoms with Crippen molar-refractivity contribution in [2.75, 3.05) is 31.6 Å². The summed E-state index contributed by atoms with van der Waals surface area (Å²) in [7, 11) is 0. The van der Waals surface area contributed by atoms with Gasteiger partial charge in [-0.05, 0) is 35.7 Å². The van der Waals surface area contributed by atoms with E-state index >= 15 is 0 Å². The molecule has 0 bridgehead atoms. The number of hydrogen-bond donors (Lipinski definition) is 2. The van der Waals surface area contributed by atoms with E-state index in [-0.39, 0.29) is 36.9 Å². The predicted molar refractivity (Wildman–Crippen MR) is 110 cm³/mol. The fourth-order valence-electron chi connectivity index (χ4n) is 3.60. The number of piperazine rings is 1. The van der Waals surface area contributed by atoms with Gasteiger partial charge in [0.25, 0.3) is 11.8 Å². The average Bonchev–Trinajstić information content (AvgIpc) is 2.72. The Morgan fingerprint density at radius 2 is 2.00 bits per heavy atom. The highest BCUT2D eigenvalue weighted by molar-refractivity contribution is 6.00. The van der Waals surface area contributed by atoms with Crippen molar-refractivity contribution in [2.24, 2.45) is 0 Å². The van der Waals surface area contributed by atoms with Gasteiger partial charge in [0.15, 0.2) is 6.61 Å². The number of rotatable bonds is 3. The van der Waals surface area contributed by atoms with Crippen molar-refractivity contribution in [1.29, 1.82) is 0 Å². The van der Waals surface area contributed by atoms with E-state index < -0.39 is 0 Å². The third-order valence-corrected chi connectivity index (χ3v) is 5.14. The molecule has 2 aliphatic rings. The number of hydrogen-bond acceptors (Lipinski definition) is 4. The summed E-state index contributed by atoms with van der Waals surface area (Å²) in [6.07, 6.45) is 0.995. The van der Waals surface area contributed by atoms with Crippen LogP contribution in [0.15, 0.2) is 42.5 Å². The van der Waals surface area contributed by atoms with Crippen LogP contribution in [0.25, 0.3) is 0 Å². The van der Waals surface area contributed by atoms with Crippen molar-refractivity contribution in [2.45, 2.75) is 19.4 Å². The Kier molecular flexibility index (Phi) is 6.21. The number of ether oxygens (including phenoxy) is 1. The Morgan fingerprint density at radius 1 is 1.21 bits per heavy atom. The Balaban J connectivity index is 0.00000225. The zero-order valence-corrected chi connectivity index (χ0v) is 16.6. The summed E-state index contributed by atoms with van der Waals surface area (Å²) >= 11 is 0. The van der Waals surface area contributed by atoms with E-state index in [2.05, 4.69) is 41.8 Å². The van der Waals surface area contributed by atoms with E-state index in [9.17, 15) is 9.59 Å². The van der Waals surface area contributed by atoms with Gasteiger partial charge in [0.1, 0.15) is 5.75 Å². The van der Waals surface area contributed by atoms with Crippen LogP contribution in [-0.2, 0) is 11.2 Å². The van der Waals surface area contributed by atoms with Crippen molar-refractivity contribution in [3.63, 3.8) is 0 Å². The monoisotopic (exact) mass is 401 g/mol. The second kappa shape index (κ2) is 8.63. The minimum Gasteiger partial charge on any atom is -0.482 e. The molecule has 1 fully saturated rings. The normalized spacial score (nSPS) is 18.4. The third kappa shape index (κ3) is 3.98. The molecule has 2 N–H and O–H groups in total. The highest BCUT2D eigenvalue weighted by atomic mass is 35.5. The molecular weight excluding hydrogens is 378 g/mol. The van der Waals surface area contributed by atoms with Crippen LogP contribution in [0.3, 0.4) is 0 Å². The van der Waals surface area contributed by atoms with Crippen LogP contribution < -0.4 is 15.4 Å². The zero-order valence-electron chi connectivity index (χ0n) is 15.7. The summed E-state index contributed by atoms with van der Waals surface area (Å²) in [6.45, 7) is 4.26. The number of nitrogens with zero attached hydrogens (tertiary/aromatic N) is 1. The first kappa shape index (κ1) is 20.2. The van der Waals surface area contributed by atoms with Crippen molar-refractivity contribution < 1.29 is 14.3 Å². The van der Waals surface area contributed by atoms with E-state index in [0.717, 1.165) is 25.1 Å². The van der Waals surface area contributed by atoms with E-state index in [0.29, 0.717) is 23.5 Å². The molecule has 2 amide bonds. The topological polar surface area (TPSA) is 70.7 Å². The Labute approximate surface area is 170 Å². The summed E-state index contributed by atoms with van der Waals surface area (Å²) < 4.78 is 5.38. The average molecular weight is 402 g/mol. The standard InChI is InChI=1S/C21H23N3O3.ClH/c1-2-14-3-5-15(6-4-14)18-12-22-9-10-24(18)21(26)16-7-8-19-17(11-16)23-20(25)13-27-19;/h3-8,11,18,22H,2,9-10,12-13H2,1H3,(H,23,25);1H. The van der Waals surface area contributed by atoms with Gasteiger partial charge in [-0.3, -0.25) is 9.59 Å². The molecule has 2 aliphatic heterocycles. The predicted octanol–water partition coefficient (Wildman–Crippen LogP) is 2.79. The molecule has 0 spiro atoms. The molecule has 0 aliphatic carbocycles. The lowest BCUT2D eigenvalue weighted by atomic mass is 10.00. The van der Waals surface area contributed by atoms with Crippen molar-refractivity contribution >= 4 is 29.9 Å². The fraction of sp³-hybridized carbons (Fsp3) is 0.333. The molecule has 0 aromatic heterocycles. The molecule has 1 unspecified atom stereocenters. The Hall–Kier alpha value is -2.57. The van der Waals surface area contributed by atoms with Crippen LogP contribution in [0.5, 0.6) is 5.75 Å². The minimum atomic E-state index is -0.205. The lowest BCUT2D eigenvalue weighted by Gasteiger charge is -2.37. The molecule has 1 saturated heterocycles. The lowest BCUT2D eigenvalue weighted by molar-refractivity contribution is -0.118. The molecular formula is C21H24ClN3O3. The highest BCUT2D eigenvalue weighted by Gasteiger charge is 2.29. The second-order valence-electron chi connectivity index (χ2n) is 6.86. The van der Waals surface area contributed by atoms with Crippen molar-refractivity contribution in [3.05, 3.63) is 59.2 Å². The van der Waals surface area contributed by atoms with Gasteiger partial charge < -0.3 is 20.3 Å². The first-order valence-corrected chi connectivity index (χ1v) is 9.33. The van der Waals surface area contributed by atoms with Crippen molar-refractivity contribution in [3.8, 4) is 5.75 Å². The third-order valence-electron chi connectivity index (χ3n) is 5.14. The summed E-state index contributed by atoms with van der Waals surface area (Å²) in [4.78, 5) is 26.7. The molecule has 2 heterocycles. The maximum Gasteiger partial charge on any atom is 0.262 e. The molecule has 7 heteroatoms. The number of fused-ring (bicyclic) bond motifs is 1. The molecule has 28 heavy (non-hydrogen) atoms. The lowest BCUT2D eigenvalue weighted by Crippen LogP contribution is -2.48. The van der Waals surface area contributed by atoms with Gasteiger partial charge in [-0.25, -0.2) is 0 Å². The molecule has 1 atom stereocenters. The number of carbonyl (C=O) groups excluding carboxylic acids is 2. The van der Waals surface area contributed by atoms with Crippen LogP contribution in [0, 0.1) is 0 Å².